The van der Waals surface area contributed by atoms with Crippen LogP contribution in [0.5, 0.6) is 23.0 Å². The molecule has 3 aromatic carbocycles. The van der Waals surface area contributed by atoms with Gasteiger partial charge in [0.15, 0.2) is 11.5 Å². The van der Waals surface area contributed by atoms with Crippen LogP contribution in [0.1, 0.15) is 32.3 Å². The van der Waals surface area contributed by atoms with Crippen LogP contribution in [-0.4, -0.2) is 72.7 Å². The van der Waals surface area contributed by atoms with E-state index in [1.807, 2.05) is 37.3 Å². The number of anilines is 1. The lowest BCUT2D eigenvalue weighted by Crippen LogP contribution is -2.51. The number of carbonyl (C=O) groups excluding carboxylic acids is 2. The van der Waals surface area contributed by atoms with E-state index >= 15 is 0 Å². The summed E-state index contributed by atoms with van der Waals surface area (Å²) in [4.78, 5) is 28.6. The van der Waals surface area contributed by atoms with Gasteiger partial charge in [0.05, 0.1) is 39.0 Å². The Morgan fingerprint density at radius 1 is 0.841 bits per heavy atom. The highest BCUT2D eigenvalue weighted by molar-refractivity contribution is 7.92. The van der Waals surface area contributed by atoms with E-state index in [0.717, 1.165) is 22.7 Å². The van der Waals surface area contributed by atoms with Gasteiger partial charge in [-0.15, -0.1) is 0 Å². The summed E-state index contributed by atoms with van der Waals surface area (Å²) >= 11 is 0. The number of methoxy groups -OCH3 is 4. The summed E-state index contributed by atoms with van der Waals surface area (Å²) in [5.74, 6) is 0.149. The Labute approximate surface area is 259 Å². The van der Waals surface area contributed by atoms with E-state index < -0.39 is 28.5 Å². The SMILES string of the molecule is CCCCNC(=O)[C@@H](C)N(Cc1ccccc1)C(=O)CN(c1cc(OC)ccc1OC)S(=O)(=O)c1ccc(OC)c(OC)c1. The highest BCUT2D eigenvalue weighted by atomic mass is 32.2. The monoisotopic (exact) mass is 627 g/mol. The van der Waals surface area contributed by atoms with E-state index in [1.165, 1.54) is 57.6 Å². The van der Waals surface area contributed by atoms with Crippen LogP contribution in [0, 0.1) is 0 Å². The molecule has 11 nitrogen and oxygen atoms in total. The highest BCUT2D eigenvalue weighted by Gasteiger charge is 2.34. The number of hydrogen-bond acceptors (Lipinski definition) is 8. The van der Waals surface area contributed by atoms with Gasteiger partial charge in [0.25, 0.3) is 10.0 Å². The highest BCUT2D eigenvalue weighted by Crippen LogP contribution is 2.37. The van der Waals surface area contributed by atoms with Crippen LogP contribution in [-0.2, 0) is 26.2 Å². The van der Waals surface area contributed by atoms with Crippen molar-refractivity contribution in [3.05, 3.63) is 72.3 Å². The summed E-state index contributed by atoms with van der Waals surface area (Å²) in [6, 6.07) is 17.1. The first-order valence-electron chi connectivity index (χ1n) is 14.2. The zero-order valence-corrected chi connectivity index (χ0v) is 26.8. The molecule has 0 aliphatic rings. The average Bonchev–Trinajstić information content (AvgIpc) is 3.05. The number of nitrogens with one attached hydrogen (secondary N) is 1. The van der Waals surface area contributed by atoms with E-state index in [2.05, 4.69) is 5.32 Å². The molecule has 0 saturated heterocycles. The molecule has 0 aromatic heterocycles. The molecule has 0 aliphatic carbocycles. The molecule has 0 saturated carbocycles. The van der Waals surface area contributed by atoms with Crippen LogP contribution < -0.4 is 28.6 Å². The maximum absolute atomic E-state index is 14.3. The smallest absolute Gasteiger partial charge is 0.265 e. The molecule has 0 fully saturated rings. The third-order valence-electron chi connectivity index (χ3n) is 7.07. The number of unbranched alkanes of at least 4 members (excludes halogenated alkanes) is 1. The second-order valence-electron chi connectivity index (χ2n) is 9.89. The number of nitrogens with zero attached hydrogens (tertiary/aromatic N) is 2. The van der Waals surface area contributed by atoms with Crippen LogP contribution >= 0.6 is 0 Å². The van der Waals surface area contributed by atoms with Crippen molar-refractivity contribution in [2.75, 3.05) is 45.8 Å². The van der Waals surface area contributed by atoms with Crippen molar-refractivity contribution in [2.24, 2.45) is 0 Å². The Morgan fingerprint density at radius 3 is 2.11 bits per heavy atom. The molecule has 1 N–H and O–H groups in total. The molecule has 44 heavy (non-hydrogen) atoms. The Kier molecular flexibility index (Phi) is 12.3. The third kappa shape index (κ3) is 8.13. The molecule has 12 heteroatoms. The Balaban J connectivity index is 2.13. The summed E-state index contributed by atoms with van der Waals surface area (Å²) in [7, 11) is 1.27. The van der Waals surface area contributed by atoms with Crippen molar-refractivity contribution in [3.8, 4) is 23.0 Å². The molecule has 3 rings (SSSR count). The number of amides is 2. The van der Waals surface area contributed by atoms with Gasteiger partial charge in [-0.2, -0.15) is 0 Å². The topological polar surface area (TPSA) is 124 Å². The van der Waals surface area contributed by atoms with Gasteiger partial charge in [-0.05, 0) is 43.2 Å². The summed E-state index contributed by atoms with van der Waals surface area (Å²) in [6.07, 6.45) is 1.69. The van der Waals surface area contributed by atoms with Gasteiger partial charge in [0.1, 0.15) is 24.1 Å². The Morgan fingerprint density at radius 2 is 1.50 bits per heavy atom. The van der Waals surface area contributed by atoms with Crippen molar-refractivity contribution in [3.63, 3.8) is 0 Å². The fraction of sp³-hybridized carbons (Fsp3) is 0.375. The largest absolute Gasteiger partial charge is 0.497 e. The van der Waals surface area contributed by atoms with E-state index in [4.69, 9.17) is 18.9 Å². The average molecular weight is 628 g/mol. The Bertz CT molecular complexity index is 1520. The first-order valence-corrected chi connectivity index (χ1v) is 15.6. The molecule has 0 bridgehead atoms. The molecule has 0 radical (unpaired) electrons. The number of rotatable bonds is 16. The second-order valence-corrected chi connectivity index (χ2v) is 11.8. The Hall–Kier alpha value is -4.45. The van der Waals surface area contributed by atoms with Crippen molar-refractivity contribution in [1.29, 1.82) is 0 Å². The predicted octanol–water partition coefficient (Wildman–Crippen LogP) is 4.25. The zero-order chi connectivity index (χ0) is 32.3. The molecule has 2 amide bonds. The van der Waals surface area contributed by atoms with Gasteiger partial charge in [-0.3, -0.25) is 13.9 Å². The number of sulfonamides is 1. The first kappa shape index (κ1) is 34.0. The van der Waals surface area contributed by atoms with Gasteiger partial charge < -0.3 is 29.2 Å². The van der Waals surface area contributed by atoms with E-state index in [1.54, 1.807) is 19.1 Å². The molecule has 0 spiro atoms. The van der Waals surface area contributed by atoms with Gasteiger partial charge in [0, 0.05) is 25.2 Å². The lowest BCUT2D eigenvalue weighted by molar-refractivity contribution is -0.139. The minimum Gasteiger partial charge on any atom is -0.497 e. The van der Waals surface area contributed by atoms with Crippen molar-refractivity contribution in [1.82, 2.24) is 10.2 Å². The number of carbonyl (C=O) groups is 2. The summed E-state index contributed by atoms with van der Waals surface area (Å²) in [5.41, 5.74) is 0.858. The standard InChI is InChI=1S/C32H41N3O8S/c1-7-8-18-33-32(37)23(2)34(21-24-12-10-9-11-13-24)31(36)22-35(27-19-25(40-3)14-16-28(27)41-4)44(38,39)26-15-17-29(42-5)30(20-26)43-6/h9-17,19-20,23H,7-8,18,21-22H2,1-6H3,(H,33,37)/t23-/m1/s1. The predicted molar refractivity (Wildman–Crippen MR) is 168 cm³/mol. The van der Waals surface area contributed by atoms with Crippen LogP contribution in [0.25, 0.3) is 0 Å². The van der Waals surface area contributed by atoms with E-state index in [-0.39, 0.29) is 34.5 Å². The summed E-state index contributed by atoms with van der Waals surface area (Å²) in [5, 5.41) is 2.88. The van der Waals surface area contributed by atoms with E-state index in [9.17, 15) is 18.0 Å². The maximum Gasteiger partial charge on any atom is 0.265 e. The van der Waals surface area contributed by atoms with Gasteiger partial charge in [-0.1, -0.05) is 43.7 Å². The zero-order valence-electron chi connectivity index (χ0n) is 26.0. The fourth-order valence-corrected chi connectivity index (χ4v) is 5.94. The molecule has 1 atom stereocenters. The van der Waals surface area contributed by atoms with Crippen LogP contribution in [0.4, 0.5) is 5.69 Å². The molecule has 0 unspecified atom stereocenters. The van der Waals surface area contributed by atoms with Crippen LogP contribution in [0.15, 0.2) is 71.6 Å². The van der Waals surface area contributed by atoms with E-state index in [0.29, 0.717) is 18.0 Å². The van der Waals surface area contributed by atoms with Gasteiger partial charge in [-0.25, -0.2) is 8.42 Å². The van der Waals surface area contributed by atoms with Crippen molar-refractivity contribution in [2.45, 2.75) is 44.2 Å². The van der Waals surface area contributed by atoms with Crippen LogP contribution in [0.2, 0.25) is 0 Å². The molecule has 238 valence electrons. The number of ether oxygens (including phenoxy) is 4. The van der Waals surface area contributed by atoms with Gasteiger partial charge in [0.2, 0.25) is 11.8 Å². The van der Waals surface area contributed by atoms with Crippen molar-refractivity contribution < 1.29 is 37.0 Å². The molecule has 0 heterocycles. The quantitative estimate of drug-likeness (QED) is 0.234. The van der Waals surface area contributed by atoms with Gasteiger partial charge >= 0.3 is 0 Å². The van der Waals surface area contributed by atoms with Crippen molar-refractivity contribution >= 4 is 27.5 Å². The molecule has 3 aromatic rings. The minimum atomic E-state index is -4.42. The maximum atomic E-state index is 14.3. The fourth-order valence-electron chi connectivity index (χ4n) is 4.51. The summed E-state index contributed by atoms with van der Waals surface area (Å²) in [6.45, 7) is 3.55. The lowest BCUT2D eigenvalue weighted by atomic mass is 10.1. The number of hydrogen-bond donors (Lipinski definition) is 1. The normalized spacial score (nSPS) is 11.7. The lowest BCUT2D eigenvalue weighted by Gasteiger charge is -2.32. The molecular formula is C32H41N3O8S. The third-order valence-corrected chi connectivity index (χ3v) is 8.82. The molecule has 0 aliphatic heterocycles. The minimum absolute atomic E-state index is 0.0784. The first-order chi connectivity index (χ1) is 21.1. The second kappa shape index (κ2) is 15.9. The number of benzene rings is 3. The summed E-state index contributed by atoms with van der Waals surface area (Å²) < 4.78 is 51.2. The van der Waals surface area contributed by atoms with Crippen LogP contribution in [0.3, 0.4) is 0 Å². The molecular weight excluding hydrogens is 586 g/mol.